The second-order valence-electron chi connectivity index (χ2n) is 17.6. The van der Waals surface area contributed by atoms with Crippen molar-refractivity contribution in [1.82, 2.24) is 5.32 Å². The lowest BCUT2D eigenvalue weighted by Crippen LogP contribution is -2.46. The molecule has 0 spiro atoms. The van der Waals surface area contributed by atoms with E-state index in [1.807, 2.05) is 0 Å². The summed E-state index contributed by atoms with van der Waals surface area (Å²) in [4.78, 5) is 26.1. The van der Waals surface area contributed by atoms with Gasteiger partial charge < -0.3 is 20.3 Å². The number of rotatable bonds is 46. The Bertz CT molecular complexity index is 1040. The molecular formula is C54H99NO5. The maximum atomic E-state index is 13.2. The summed E-state index contributed by atoms with van der Waals surface area (Å²) in [6, 6.07) is -0.709. The largest absolute Gasteiger partial charge is 0.462 e. The number of carbonyl (C=O) groups excluding carboxylic acids is 2. The summed E-state index contributed by atoms with van der Waals surface area (Å²) < 4.78 is 5.92. The van der Waals surface area contributed by atoms with Crippen molar-refractivity contribution in [1.29, 1.82) is 0 Å². The molecule has 3 N–H and O–H groups in total. The van der Waals surface area contributed by atoms with Gasteiger partial charge in [0.1, 0.15) is 6.10 Å². The predicted molar refractivity (Wildman–Crippen MR) is 259 cm³/mol. The second-order valence-corrected chi connectivity index (χ2v) is 17.6. The highest BCUT2D eigenvalue weighted by Crippen LogP contribution is 2.18. The van der Waals surface area contributed by atoms with Gasteiger partial charge in [-0.2, -0.15) is 0 Å². The molecule has 0 fully saturated rings. The lowest BCUT2D eigenvalue weighted by molar-refractivity contribution is -0.151. The van der Waals surface area contributed by atoms with Crippen LogP contribution in [0, 0.1) is 0 Å². The Morgan fingerprint density at radius 1 is 0.517 bits per heavy atom. The van der Waals surface area contributed by atoms with Crippen LogP contribution in [0.4, 0.5) is 0 Å². The van der Waals surface area contributed by atoms with Crippen molar-refractivity contribution < 1.29 is 24.5 Å². The van der Waals surface area contributed by atoms with Crippen LogP contribution >= 0.6 is 0 Å². The van der Waals surface area contributed by atoms with Crippen molar-refractivity contribution in [3.05, 3.63) is 48.6 Å². The average Bonchev–Trinajstić information content (AvgIpc) is 3.24. The van der Waals surface area contributed by atoms with Crippen LogP contribution in [0.25, 0.3) is 0 Å². The molecule has 0 aliphatic rings. The maximum Gasteiger partial charge on any atom is 0.306 e. The Labute approximate surface area is 372 Å². The van der Waals surface area contributed by atoms with Gasteiger partial charge in [-0.25, -0.2) is 0 Å². The van der Waals surface area contributed by atoms with Crippen LogP contribution in [0.1, 0.15) is 258 Å². The summed E-state index contributed by atoms with van der Waals surface area (Å²) in [6.07, 6.45) is 57.4. The van der Waals surface area contributed by atoms with Gasteiger partial charge in [-0.1, -0.05) is 217 Å². The van der Waals surface area contributed by atoms with E-state index in [2.05, 4.69) is 74.7 Å². The summed E-state index contributed by atoms with van der Waals surface area (Å²) in [6.45, 7) is 6.35. The topological polar surface area (TPSA) is 95.9 Å². The smallest absolute Gasteiger partial charge is 0.306 e. The Morgan fingerprint density at radius 3 is 1.48 bits per heavy atom. The molecule has 1 amide bonds. The Balaban J connectivity index is 4.59. The van der Waals surface area contributed by atoms with Crippen molar-refractivity contribution in [3.63, 3.8) is 0 Å². The number of ether oxygens (including phenoxy) is 1. The minimum Gasteiger partial charge on any atom is -0.462 e. The molecule has 0 aromatic heterocycles. The molecule has 0 aromatic rings. The standard InChI is InChI=1S/C54H99NO5/c1-4-7-10-13-16-19-22-25-28-31-34-37-40-43-46-52(57)51(49-56)55-53(58)48-50(45-42-39-36-33-30-27-24-21-18-15-12-9-6-3)60-54(59)47-44-41-38-35-32-29-26-23-20-17-14-11-8-5-2/h8,11,17-18,20-21,24,27,50-52,56-57H,4-7,9-10,12-16,19,22-23,25-26,28-49H2,1-3H3,(H,55,58)/b11-8+,20-17+,21-18+,27-24+. The van der Waals surface area contributed by atoms with Gasteiger partial charge in [0, 0.05) is 6.42 Å². The summed E-state index contributed by atoms with van der Waals surface area (Å²) in [5.74, 6) is -0.499. The summed E-state index contributed by atoms with van der Waals surface area (Å²) in [5.41, 5.74) is 0. The first-order valence-corrected chi connectivity index (χ1v) is 25.9. The number of hydrogen-bond donors (Lipinski definition) is 3. The number of amides is 1. The first-order valence-electron chi connectivity index (χ1n) is 25.9. The van der Waals surface area contributed by atoms with E-state index in [-0.39, 0.29) is 24.9 Å². The van der Waals surface area contributed by atoms with Crippen LogP contribution in [0.15, 0.2) is 48.6 Å². The Kier molecular flexibility index (Phi) is 46.1. The van der Waals surface area contributed by atoms with Gasteiger partial charge in [-0.05, 0) is 77.0 Å². The van der Waals surface area contributed by atoms with Crippen LogP contribution in [-0.2, 0) is 14.3 Å². The zero-order valence-corrected chi connectivity index (χ0v) is 39.8. The minimum absolute atomic E-state index is 0.0613. The van der Waals surface area contributed by atoms with Gasteiger partial charge in [0.15, 0.2) is 0 Å². The molecule has 3 atom stereocenters. The number of allylic oxidation sites excluding steroid dienone is 8. The molecule has 6 nitrogen and oxygen atoms in total. The predicted octanol–water partition coefficient (Wildman–Crippen LogP) is 15.5. The number of aliphatic hydroxyl groups is 2. The fraction of sp³-hybridized carbons (Fsp3) is 0.815. The lowest BCUT2D eigenvalue weighted by Gasteiger charge is -2.24. The molecule has 0 radical (unpaired) electrons. The average molecular weight is 842 g/mol. The van der Waals surface area contributed by atoms with Crippen LogP contribution < -0.4 is 5.32 Å². The van der Waals surface area contributed by atoms with E-state index in [0.29, 0.717) is 19.3 Å². The number of unbranched alkanes of at least 4 members (excludes halogenated alkanes) is 27. The molecule has 350 valence electrons. The highest BCUT2D eigenvalue weighted by molar-refractivity contribution is 5.77. The first-order chi connectivity index (χ1) is 29.5. The van der Waals surface area contributed by atoms with E-state index in [9.17, 15) is 19.8 Å². The quantitative estimate of drug-likeness (QED) is 0.0246. The van der Waals surface area contributed by atoms with Crippen LogP contribution in [0.3, 0.4) is 0 Å². The molecule has 0 heterocycles. The van der Waals surface area contributed by atoms with Gasteiger partial charge in [0.2, 0.25) is 5.91 Å². The first kappa shape index (κ1) is 57.8. The minimum atomic E-state index is -0.794. The fourth-order valence-electron chi connectivity index (χ4n) is 7.75. The van der Waals surface area contributed by atoms with Crippen molar-refractivity contribution in [2.45, 2.75) is 277 Å². The van der Waals surface area contributed by atoms with Gasteiger partial charge in [-0.15, -0.1) is 0 Å². The van der Waals surface area contributed by atoms with E-state index in [0.717, 1.165) is 96.3 Å². The van der Waals surface area contributed by atoms with Gasteiger partial charge in [0.05, 0.1) is 25.2 Å². The Morgan fingerprint density at radius 2 is 0.950 bits per heavy atom. The number of carbonyl (C=O) groups is 2. The molecular weight excluding hydrogens is 743 g/mol. The van der Waals surface area contributed by atoms with Crippen LogP contribution in [-0.4, -0.2) is 46.9 Å². The van der Waals surface area contributed by atoms with Gasteiger partial charge in [-0.3, -0.25) is 9.59 Å². The molecule has 0 bridgehead atoms. The van der Waals surface area contributed by atoms with E-state index in [1.165, 1.54) is 116 Å². The number of esters is 1. The van der Waals surface area contributed by atoms with Crippen LogP contribution in [0.5, 0.6) is 0 Å². The third kappa shape index (κ3) is 42.5. The van der Waals surface area contributed by atoms with Gasteiger partial charge in [0.25, 0.3) is 0 Å². The third-order valence-corrected chi connectivity index (χ3v) is 11.7. The highest BCUT2D eigenvalue weighted by atomic mass is 16.5. The molecule has 0 aromatic carbocycles. The highest BCUT2D eigenvalue weighted by Gasteiger charge is 2.24. The van der Waals surface area contributed by atoms with Crippen molar-refractivity contribution in [3.8, 4) is 0 Å². The molecule has 0 saturated heterocycles. The van der Waals surface area contributed by atoms with E-state index in [4.69, 9.17) is 4.74 Å². The molecule has 0 aliphatic heterocycles. The van der Waals surface area contributed by atoms with E-state index in [1.54, 1.807) is 0 Å². The normalized spacial score (nSPS) is 13.6. The zero-order valence-electron chi connectivity index (χ0n) is 39.8. The number of hydrogen-bond acceptors (Lipinski definition) is 5. The zero-order chi connectivity index (χ0) is 43.8. The summed E-state index contributed by atoms with van der Waals surface area (Å²) in [7, 11) is 0. The molecule has 3 unspecified atom stereocenters. The monoisotopic (exact) mass is 842 g/mol. The SMILES string of the molecule is CC/C=C/C/C=C/CCCCCCCCCC(=O)OC(CCCCCC/C=C/C=C/CCCCC)CC(=O)NC(CO)C(O)CCCCCCCCCCCCCCCC. The third-order valence-electron chi connectivity index (χ3n) is 11.7. The Hall–Kier alpha value is -2.18. The van der Waals surface area contributed by atoms with Gasteiger partial charge >= 0.3 is 5.97 Å². The molecule has 0 saturated carbocycles. The van der Waals surface area contributed by atoms with E-state index < -0.39 is 18.2 Å². The summed E-state index contributed by atoms with van der Waals surface area (Å²) in [5, 5.41) is 23.8. The lowest BCUT2D eigenvalue weighted by atomic mass is 10.0. The second kappa shape index (κ2) is 47.9. The van der Waals surface area contributed by atoms with Crippen molar-refractivity contribution >= 4 is 11.9 Å². The van der Waals surface area contributed by atoms with Crippen molar-refractivity contribution in [2.24, 2.45) is 0 Å². The van der Waals surface area contributed by atoms with Crippen LogP contribution in [0.2, 0.25) is 0 Å². The maximum absolute atomic E-state index is 13.2. The molecule has 60 heavy (non-hydrogen) atoms. The number of nitrogens with one attached hydrogen (secondary N) is 1. The summed E-state index contributed by atoms with van der Waals surface area (Å²) >= 11 is 0. The van der Waals surface area contributed by atoms with E-state index >= 15 is 0 Å². The number of aliphatic hydroxyl groups excluding tert-OH is 2. The molecule has 6 heteroatoms. The molecule has 0 rings (SSSR count). The van der Waals surface area contributed by atoms with Crippen molar-refractivity contribution in [2.75, 3.05) is 6.61 Å². The molecule has 0 aliphatic carbocycles. The fourth-order valence-corrected chi connectivity index (χ4v) is 7.75.